The fraction of sp³-hybridized carbons (Fsp3) is 0.667. The molecule has 0 heterocycles. The fourth-order valence-electron chi connectivity index (χ4n) is 3.42. The van der Waals surface area contributed by atoms with E-state index < -0.39 is 0 Å². The summed E-state index contributed by atoms with van der Waals surface area (Å²) in [5.41, 5.74) is 1.41. The van der Waals surface area contributed by atoms with Gasteiger partial charge in [-0.2, -0.15) is 0 Å². The van der Waals surface area contributed by atoms with Crippen LogP contribution in [0.2, 0.25) is 0 Å². The molecule has 2 nitrogen and oxygen atoms in total. The average molecular weight is 275 g/mol. The Kier molecular flexibility index (Phi) is 6.06. The van der Waals surface area contributed by atoms with Gasteiger partial charge in [0.1, 0.15) is 0 Å². The minimum Gasteiger partial charge on any atom is -0.393 e. The van der Waals surface area contributed by atoms with Gasteiger partial charge in [-0.15, -0.1) is 0 Å². The molecule has 2 heteroatoms. The zero-order valence-corrected chi connectivity index (χ0v) is 12.9. The molecule has 112 valence electrons. The third kappa shape index (κ3) is 4.07. The van der Waals surface area contributed by atoms with Crippen molar-refractivity contribution < 1.29 is 5.11 Å². The Morgan fingerprint density at radius 2 is 1.65 bits per heavy atom. The average Bonchev–Trinajstić information content (AvgIpc) is 2.50. The van der Waals surface area contributed by atoms with E-state index in [1.807, 2.05) is 0 Å². The molecule has 0 bridgehead atoms. The maximum Gasteiger partial charge on any atom is 0.0541 e. The highest BCUT2D eigenvalue weighted by atomic mass is 16.3. The summed E-state index contributed by atoms with van der Waals surface area (Å²) in [5.74, 6) is 0.684. The van der Waals surface area contributed by atoms with Crippen LogP contribution in [0.25, 0.3) is 0 Å². The monoisotopic (exact) mass is 275 g/mol. The predicted octanol–water partition coefficient (Wildman–Crippen LogP) is 4.06. The van der Waals surface area contributed by atoms with E-state index >= 15 is 0 Å². The van der Waals surface area contributed by atoms with Gasteiger partial charge >= 0.3 is 0 Å². The summed E-state index contributed by atoms with van der Waals surface area (Å²) < 4.78 is 0. The predicted molar refractivity (Wildman–Crippen MR) is 84.7 cm³/mol. The van der Waals surface area contributed by atoms with Crippen LogP contribution in [0.5, 0.6) is 0 Å². The van der Waals surface area contributed by atoms with Gasteiger partial charge in [0.25, 0.3) is 0 Å². The van der Waals surface area contributed by atoms with Crippen LogP contribution in [0.1, 0.15) is 64.0 Å². The molecule has 1 aliphatic rings. The van der Waals surface area contributed by atoms with Crippen LogP contribution in [-0.4, -0.2) is 17.3 Å². The van der Waals surface area contributed by atoms with Crippen molar-refractivity contribution in [3.05, 3.63) is 35.9 Å². The Hall–Kier alpha value is -0.860. The summed E-state index contributed by atoms with van der Waals surface area (Å²) in [6.45, 7) is 4.58. The molecular formula is C18H29NO. The van der Waals surface area contributed by atoms with E-state index in [0.29, 0.717) is 18.0 Å². The summed E-state index contributed by atoms with van der Waals surface area (Å²) in [6.07, 6.45) is 6.44. The number of benzene rings is 1. The van der Waals surface area contributed by atoms with Crippen molar-refractivity contribution in [2.45, 2.75) is 70.6 Å². The Morgan fingerprint density at radius 1 is 1.05 bits per heavy atom. The van der Waals surface area contributed by atoms with E-state index in [1.54, 1.807) is 0 Å². The Labute approximate surface area is 123 Å². The molecule has 20 heavy (non-hydrogen) atoms. The maximum absolute atomic E-state index is 9.65. The summed E-state index contributed by atoms with van der Waals surface area (Å²) in [6, 6.07) is 11.9. The third-order valence-corrected chi connectivity index (χ3v) is 4.79. The van der Waals surface area contributed by atoms with Gasteiger partial charge in [0, 0.05) is 12.1 Å². The Balaban J connectivity index is 2.07. The van der Waals surface area contributed by atoms with E-state index in [2.05, 4.69) is 49.5 Å². The van der Waals surface area contributed by atoms with E-state index in [1.165, 1.54) is 18.4 Å². The molecule has 1 atom stereocenters. The second-order valence-corrected chi connectivity index (χ2v) is 6.14. The quantitative estimate of drug-likeness (QED) is 0.820. The molecule has 1 aromatic carbocycles. The topological polar surface area (TPSA) is 32.3 Å². The van der Waals surface area contributed by atoms with Crippen molar-refractivity contribution in [1.29, 1.82) is 0 Å². The highest BCUT2D eigenvalue weighted by molar-refractivity contribution is 5.20. The number of rotatable bonds is 6. The first-order valence-corrected chi connectivity index (χ1v) is 8.23. The van der Waals surface area contributed by atoms with Gasteiger partial charge < -0.3 is 10.4 Å². The van der Waals surface area contributed by atoms with Crippen molar-refractivity contribution >= 4 is 0 Å². The number of nitrogens with one attached hydrogen (secondary N) is 1. The molecule has 0 spiro atoms. The van der Waals surface area contributed by atoms with Crippen molar-refractivity contribution in [3.63, 3.8) is 0 Å². The maximum atomic E-state index is 9.65. The lowest BCUT2D eigenvalue weighted by Gasteiger charge is -2.34. The van der Waals surface area contributed by atoms with E-state index in [4.69, 9.17) is 0 Å². The second kappa shape index (κ2) is 7.80. The summed E-state index contributed by atoms with van der Waals surface area (Å²) in [7, 11) is 0. The van der Waals surface area contributed by atoms with Gasteiger partial charge in [-0.25, -0.2) is 0 Å². The van der Waals surface area contributed by atoms with Crippen LogP contribution in [0.15, 0.2) is 30.3 Å². The SMILES string of the molecule is CCC(CC)C(NC1CCC(O)CC1)c1ccccc1. The van der Waals surface area contributed by atoms with Crippen molar-refractivity contribution in [3.8, 4) is 0 Å². The lowest BCUT2D eigenvalue weighted by atomic mass is 9.86. The van der Waals surface area contributed by atoms with Gasteiger partial charge in [0.15, 0.2) is 0 Å². The lowest BCUT2D eigenvalue weighted by molar-refractivity contribution is 0.111. The lowest BCUT2D eigenvalue weighted by Crippen LogP contribution is -2.39. The largest absolute Gasteiger partial charge is 0.393 e. The van der Waals surface area contributed by atoms with Crippen LogP contribution < -0.4 is 5.32 Å². The van der Waals surface area contributed by atoms with Gasteiger partial charge in [0.05, 0.1) is 6.10 Å². The molecule has 0 aromatic heterocycles. The number of hydrogen-bond donors (Lipinski definition) is 2. The highest BCUT2D eigenvalue weighted by Gasteiger charge is 2.26. The first kappa shape index (κ1) is 15.5. The minimum atomic E-state index is -0.0728. The van der Waals surface area contributed by atoms with Crippen LogP contribution in [-0.2, 0) is 0 Å². The van der Waals surface area contributed by atoms with Gasteiger partial charge in [-0.05, 0) is 37.2 Å². The smallest absolute Gasteiger partial charge is 0.0541 e. The Bertz CT molecular complexity index is 366. The van der Waals surface area contributed by atoms with E-state index in [0.717, 1.165) is 25.7 Å². The molecule has 0 amide bonds. The van der Waals surface area contributed by atoms with Crippen LogP contribution in [0.4, 0.5) is 0 Å². The molecule has 1 aliphatic carbocycles. The molecule has 2 N–H and O–H groups in total. The van der Waals surface area contributed by atoms with E-state index in [9.17, 15) is 5.11 Å². The molecule has 1 aromatic rings. The molecule has 0 aliphatic heterocycles. The molecule has 0 radical (unpaired) electrons. The van der Waals surface area contributed by atoms with Crippen molar-refractivity contribution in [1.82, 2.24) is 5.32 Å². The molecule has 0 saturated heterocycles. The first-order valence-electron chi connectivity index (χ1n) is 8.23. The molecule has 1 unspecified atom stereocenters. The number of hydrogen-bond acceptors (Lipinski definition) is 2. The summed E-state index contributed by atoms with van der Waals surface area (Å²) in [4.78, 5) is 0. The minimum absolute atomic E-state index is 0.0728. The molecule has 2 rings (SSSR count). The van der Waals surface area contributed by atoms with Gasteiger partial charge in [-0.1, -0.05) is 57.0 Å². The van der Waals surface area contributed by atoms with Gasteiger partial charge in [0.2, 0.25) is 0 Å². The first-order chi connectivity index (χ1) is 9.74. The summed E-state index contributed by atoms with van der Waals surface area (Å²) in [5, 5.41) is 13.5. The summed E-state index contributed by atoms with van der Waals surface area (Å²) >= 11 is 0. The van der Waals surface area contributed by atoms with Crippen LogP contribution >= 0.6 is 0 Å². The van der Waals surface area contributed by atoms with Gasteiger partial charge in [-0.3, -0.25) is 0 Å². The van der Waals surface area contributed by atoms with Crippen LogP contribution in [0.3, 0.4) is 0 Å². The zero-order valence-electron chi connectivity index (χ0n) is 12.9. The van der Waals surface area contributed by atoms with Crippen molar-refractivity contribution in [2.24, 2.45) is 5.92 Å². The third-order valence-electron chi connectivity index (χ3n) is 4.79. The normalized spacial score (nSPS) is 24.8. The van der Waals surface area contributed by atoms with Crippen molar-refractivity contribution in [2.75, 3.05) is 0 Å². The van der Waals surface area contributed by atoms with E-state index in [-0.39, 0.29) is 6.10 Å². The highest BCUT2D eigenvalue weighted by Crippen LogP contribution is 2.30. The Morgan fingerprint density at radius 3 is 2.20 bits per heavy atom. The number of aliphatic hydroxyl groups excluding tert-OH is 1. The second-order valence-electron chi connectivity index (χ2n) is 6.14. The van der Waals surface area contributed by atoms with Crippen LogP contribution in [0, 0.1) is 5.92 Å². The fourth-order valence-corrected chi connectivity index (χ4v) is 3.42. The molecular weight excluding hydrogens is 246 g/mol. The molecule has 1 fully saturated rings. The standard InChI is InChI=1S/C18H29NO/c1-3-14(4-2)18(15-8-6-5-7-9-15)19-16-10-12-17(20)13-11-16/h5-9,14,16-20H,3-4,10-13H2,1-2H3. The zero-order chi connectivity index (χ0) is 14.4. The molecule has 1 saturated carbocycles. The number of aliphatic hydroxyl groups is 1.